The summed E-state index contributed by atoms with van der Waals surface area (Å²) in [5, 5.41) is 17.1. The van der Waals surface area contributed by atoms with E-state index >= 15 is 0 Å². The van der Waals surface area contributed by atoms with Crippen LogP contribution in [0.2, 0.25) is 0 Å². The van der Waals surface area contributed by atoms with Crippen LogP contribution in [0, 0.1) is 0 Å². The van der Waals surface area contributed by atoms with Crippen molar-refractivity contribution < 1.29 is 19.7 Å². The highest BCUT2D eigenvalue weighted by molar-refractivity contribution is 4.47. The first-order chi connectivity index (χ1) is 7.08. The second-order valence-electron chi connectivity index (χ2n) is 3.37. The van der Waals surface area contributed by atoms with Gasteiger partial charge in [-0.05, 0) is 27.2 Å². The number of aliphatic hydroxyl groups excluding tert-OH is 2. The van der Waals surface area contributed by atoms with Gasteiger partial charge in [-0.1, -0.05) is 6.92 Å². The topological polar surface area (TPSA) is 58.9 Å². The summed E-state index contributed by atoms with van der Waals surface area (Å²) < 4.78 is 9.94. The third-order valence-corrected chi connectivity index (χ3v) is 1.43. The molecule has 0 aliphatic heterocycles. The van der Waals surface area contributed by atoms with E-state index in [1.54, 1.807) is 13.8 Å². The zero-order chi connectivity index (χ0) is 12.1. The van der Waals surface area contributed by atoms with Crippen molar-refractivity contribution in [2.45, 2.75) is 46.3 Å². The van der Waals surface area contributed by atoms with E-state index in [4.69, 9.17) is 19.7 Å². The lowest BCUT2D eigenvalue weighted by atomic mass is 10.4. The van der Waals surface area contributed by atoms with Gasteiger partial charge in [-0.2, -0.15) is 0 Å². The van der Waals surface area contributed by atoms with Crippen molar-refractivity contribution in [3.63, 3.8) is 0 Å². The lowest BCUT2D eigenvalue weighted by molar-refractivity contribution is -0.0177. The molecule has 0 rings (SSSR count). The highest BCUT2D eigenvalue weighted by atomic mass is 16.5. The Morgan fingerprint density at radius 2 is 1.80 bits per heavy atom. The predicted molar refractivity (Wildman–Crippen MR) is 61.0 cm³/mol. The molecule has 0 heterocycles. The zero-order valence-corrected chi connectivity index (χ0v) is 10.4. The van der Waals surface area contributed by atoms with Gasteiger partial charge >= 0.3 is 0 Å². The summed E-state index contributed by atoms with van der Waals surface area (Å²) >= 11 is 0. The molecule has 0 fully saturated rings. The van der Waals surface area contributed by atoms with Crippen LogP contribution >= 0.6 is 0 Å². The Morgan fingerprint density at radius 3 is 2.07 bits per heavy atom. The Balaban J connectivity index is 0. The van der Waals surface area contributed by atoms with Crippen molar-refractivity contribution in [2.75, 3.05) is 26.4 Å². The maximum atomic E-state index is 8.69. The Morgan fingerprint density at radius 1 is 1.20 bits per heavy atom. The van der Waals surface area contributed by atoms with Crippen LogP contribution in [0.4, 0.5) is 0 Å². The molecule has 2 N–H and O–H groups in total. The smallest absolute Gasteiger partial charge is 0.0779 e. The number of hydrogen-bond acceptors (Lipinski definition) is 4. The van der Waals surface area contributed by atoms with Crippen LogP contribution in [0.3, 0.4) is 0 Å². The highest BCUT2D eigenvalue weighted by Crippen LogP contribution is 1.90. The molecule has 94 valence electrons. The first kappa shape index (κ1) is 17.2. The molecule has 0 aromatic rings. The van der Waals surface area contributed by atoms with E-state index in [1.165, 1.54) is 0 Å². The normalized spacial score (nSPS) is 14.0. The van der Waals surface area contributed by atoms with Crippen molar-refractivity contribution in [3.8, 4) is 0 Å². The molecule has 0 aromatic carbocycles. The van der Waals surface area contributed by atoms with Crippen LogP contribution in [0.1, 0.15) is 34.1 Å². The minimum Gasteiger partial charge on any atom is -0.394 e. The van der Waals surface area contributed by atoms with Gasteiger partial charge in [0, 0.05) is 13.2 Å². The van der Waals surface area contributed by atoms with Crippen LogP contribution in [0.15, 0.2) is 0 Å². The molecule has 0 radical (unpaired) electrons. The molecule has 0 aromatic heterocycles. The number of aliphatic hydroxyl groups is 2. The SMILES string of the molecule is CC(O)COC(C)CO.CCCOCC. The van der Waals surface area contributed by atoms with Gasteiger partial charge < -0.3 is 19.7 Å². The monoisotopic (exact) mass is 222 g/mol. The van der Waals surface area contributed by atoms with E-state index in [0.29, 0.717) is 6.61 Å². The van der Waals surface area contributed by atoms with Gasteiger partial charge in [0.05, 0.1) is 25.4 Å². The molecule has 0 saturated carbocycles. The summed E-state index contributed by atoms with van der Waals surface area (Å²) in [4.78, 5) is 0. The summed E-state index contributed by atoms with van der Waals surface area (Å²) in [6.45, 7) is 9.58. The van der Waals surface area contributed by atoms with Gasteiger partial charge in [-0.25, -0.2) is 0 Å². The fraction of sp³-hybridized carbons (Fsp3) is 1.00. The molecule has 2 unspecified atom stereocenters. The van der Waals surface area contributed by atoms with Crippen molar-refractivity contribution in [2.24, 2.45) is 0 Å². The van der Waals surface area contributed by atoms with Crippen LogP contribution in [0.25, 0.3) is 0 Å². The first-order valence-electron chi connectivity index (χ1n) is 5.56. The van der Waals surface area contributed by atoms with Crippen LogP contribution in [-0.4, -0.2) is 48.8 Å². The third kappa shape index (κ3) is 20.0. The summed E-state index contributed by atoms with van der Waals surface area (Å²) in [6, 6.07) is 0. The predicted octanol–water partition coefficient (Wildman–Crippen LogP) is 1.20. The summed E-state index contributed by atoms with van der Waals surface area (Å²) in [6.07, 6.45) is 0.520. The van der Waals surface area contributed by atoms with Gasteiger partial charge in [0.1, 0.15) is 0 Å². The Labute approximate surface area is 93.2 Å². The Hall–Kier alpha value is -0.160. The molecule has 2 atom stereocenters. The van der Waals surface area contributed by atoms with Crippen molar-refractivity contribution >= 4 is 0 Å². The molecule has 15 heavy (non-hydrogen) atoms. The summed E-state index contributed by atoms with van der Waals surface area (Å²) in [5.41, 5.74) is 0. The molecule has 0 amide bonds. The quantitative estimate of drug-likeness (QED) is 0.635. The molecule has 0 aliphatic rings. The van der Waals surface area contributed by atoms with E-state index in [1.807, 2.05) is 6.92 Å². The van der Waals surface area contributed by atoms with Gasteiger partial charge in [-0.15, -0.1) is 0 Å². The van der Waals surface area contributed by atoms with Crippen molar-refractivity contribution in [1.82, 2.24) is 0 Å². The molecule has 4 heteroatoms. The van der Waals surface area contributed by atoms with Gasteiger partial charge in [-0.3, -0.25) is 0 Å². The second kappa shape index (κ2) is 13.8. The minimum absolute atomic E-state index is 0.00667. The van der Waals surface area contributed by atoms with E-state index in [2.05, 4.69) is 6.92 Å². The molecular weight excluding hydrogens is 196 g/mol. The first-order valence-corrected chi connectivity index (χ1v) is 5.56. The van der Waals surface area contributed by atoms with E-state index in [0.717, 1.165) is 19.6 Å². The van der Waals surface area contributed by atoms with Crippen LogP contribution in [0.5, 0.6) is 0 Å². The van der Waals surface area contributed by atoms with E-state index < -0.39 is 6.10 Å². The molecule has 0 spiro atoms. The van der Waals surface area contributed by atoms with E-state index in [9.17, 15) is 0 Å². The molecule has 4 nitrogen and oxygen atoms in total. The summed E-state index contributed by atoms with van der Waals surface area (Å²) in [7, 11) is 0. The lowest BCUT2D eigenvalue weighted by Gasteiger charge is -2.10. The third-order valence-electron chi connectivity index (χ3n) is 1.43. The fourth-order valence-corrected chi connectivity index (χ4v) is 0.645. The van der Waals surface area contributed by atoms with Gasteiger partial charge in [0.25, 0.3) is 0 Å². The van der Waals surface area contributed by atoms with Crippen molar-refractivity contribution in [1.29, 1.82) is 0 Å². The standard InChI is InChI=1S/C6H14O3.C5H12O/c1-5(8)4-9-6(2)3-7;1-3-5-6-4-2/h5-8H,3-4H2,1-2H3;3-5H2,1-2H3. The van der Waals surface area contributed by atoms with Crippen molar-refractivity contribution in [3.05, 3.63) is 0 Å². The second-order valence-corrected chi connectivity index (χ2v) is 3.37. The Kier molecular flexibility index (Phi) is 15.9. The lowest BCUT2D eigenvalue weighted by Crippen LogP contribution is -2.19. The molecule has 0 bridgehead atoms. The van der Waals surface area contributed by atoms with Crippen LogP contribution < -0.4 is 0 Å². The average molecular weight is 222 g/mol. The average Bonchev–Trinajstić information content (AvgIpc) is 2.23. The molecule has 0 saturated heterocycles. The maximum absolute atomic E-state index is 8.69. The van der Waals surface area contributed by atoms with Crippen LogP contribution in [-0.2, 0) is 9.47 Å². The van der Waals surface area contributed by atoms with Gasteiger partial charge in [0.2, 0.25) is 0 Å². The maximum Gasteiger partial charge on any atom is 0.0779 e. The number of hydrogen-bond donors (Lipinski definition) is 2. The number of ether oxygens (including phenoxy) is 2. The molecule has 0 aliphatic carbocycles. The largest absolute Gasteiger partial charge is 0.394 e. The summed E-state index contributed by atoms with van der Waals surface area (Å²) in [5.74, 6) is 0. The number of rotatable bonds is 7. The van der Waals surface area contributed by atoms with Gasteiger partial charge in [0.15, 0.2) is 0 Å². The zero-order valence-electron chi connectivity index (χ0n) is 10.4. The van der Waals surface area contributed by atoms with E-state index in [-0.39, 0.29) is 12.7 Å². The Bertz CT molecular complexity index is 103. The molecular formula is C11H26O4. The highest BCUT2D eigenvalue weighted by Gasteiger charge is 2.00. The minimum atomic E-state index is -0.445. The fourth-order valence-electron chi connectivity index (χ4n) is 0.645.